The van der Waals surface area contributed by atoms with Crippen LogP contribution in [0.15, 0.2) is 65.8 Å². The molecule has 0 bridgehead atoms. The molecule has 0 amide bonds. The van der Waals surface area contributed by atoms with Crippen molar-refractivity contribution in [2.45, 2.75) is 4.90 Å². The van der Waals surface area contributed by atoms with Gasteiger partial charge in [0.2, 0.25) is 10.0 Å². The Morgan fingerprint density at radius 1 is 1.03 bits per heavy atom. The molecule has 148 valence electrons. The van der Waals surface area contributed by atoms with Crippen LogP contribution < -0.4 is 0 Å². The molecule has 2 aromatic carbocycles. The molecule has 0 saturated carbocycles. The first-order valence-corrected chi connectivity index (χ1v) is 10.6. The van der Waals surface area contributed by atoms with Gasteiger partial charge in [-0.25, -0.2) is 22.1 Å². The number of halogens is 2. The molecule has 0 saturated heterocycles. The van der Waals surface area contributed by atoms with Gasteiger partial charge in [0.1, 0.15) is 11.5 Å². The molecule has 0 atom stereocenters. The van der Waals surface area contributed by atoms with Crippen LogP contribution in [0, 0.1) is 5.82 Å². The zero-order chi connectivity index (χ0) is 20.8. The maximum atomic E-state index is 13.9. The van der Waals surface area contributed by atoms with Gasteiger partial charge in [0.15, 0.2) is 0 Å². The predicted molar refractivity (Wildman–Crippen MR) is 113 cm³/mol. The summed E-state index contributed by atoms with van der Waals surface area (Å²) >= 11 is 6.16. The van der Waals surface area contributed by atoms with Crippen molar-refractivity contribution >= 4 is 32.7 Å². The van der Waals surface area contributed by atoms with Crippen molar-refractivity contribution in [2.75, 3.05) is 14.1 Å². The van der Waals surface area contributed by atoms with E-state index in [2.05, 4.69) is 9.97 Å². The monoisotopic (exact) mass is 429 g/mol. The molecule has 0 unspecified atom stereocenters. The van der Waals surface area contributed by atoms with Crippen molar-refractivity contribution in [3.8, 4) is 22.3 Å². The van der Waals surface area contributed by atoms with Gasteiger partial charge < -0.3 is 4.98 Å². The highest BCUT2D eigenvalue weighted by Gasteiger charge is 2.18. The van der Waals surface area contributed by atoms with E-state index in [1.165, 1.54) is 24.5 Å². The van der Waals surface area contributed by atoms with Crippen LogP contribution in [0.2, 0.25) is 5.02 Å². The molecule has 29 heavy (non-hydrogen) atoms. The second-order valence-electron chi connectivity index (χ2n) is 6.74. The van der Waals surface area contributed by atoms with Gasteiger partial charge in [-0.3, -0.25) is 0 Å². The number of sulfonamides is 1. The van der Waals surface area contributed by atoms with Gasteiger partial charge in [-0.05, 0) is 29.8 Å². The van der Waals surface area contributed by atoms with Gasteiger partial charge in [-0.2, -0.15) is 0 Å². The van der Waals surface area contributed by atoms with Crippen LogP contribution in [-0.2, 0) is 10.0 Å². The largest absolute Gasteiger partial charge is 0.346 e. The van der Waals surface area contributed by atoms with Crippen LogP contribution in [-0.4, -0.2) is 36.8 Å². The number of nitrogens with one attached hydrogen (secondary N) is 1. The number of aromatic amines is 1. The fourth-order valence-electron chi connectivity index (χ4n) is 3.14. The number of aromatic nitrogens is 2. The van der Waals surface area contributed by atoms with Gasteiger partial charge in [0.05, 0.1) is 9.92 Å². The number of hydrogen-bond donors (Lipinski definition) is 1. The van der Waals surface area contributed by atoms with E-state index in [-0.39, 0.29) is 9.92 Å². The molecule has 5 nitrogen and oxygen atoms in total. The third kappa shape index (κ3) is 3.42. The van der Waals surface area contributed by atoms with Crippen LogP contribution in [0.1, 0.15) is 0 Å². The Labute approximate surface area is 172 Å². The van der Waals surface area contributed by atoms with Crippen molar-refractivity contribution in [1.82, 2.24) is 14.3 Å². The summed E-state index contributed by atoms with van der Waals surface area (Å²) in [6.07, 6.45) is 3.40. The van der Waals surface area contributed by atoms with Gasteiger partial charge >= 0.3 is 0 Å². The summed E-state index contributed by atoms with van der Waals surface area (Å²) in [6.45, 7) is 0. The Morgan fingerprint density at radius 3 is 2.55 bits per heavy atom. The van der Waals surface area contributed by atoms with E-state index in [0.717, 1.165) is 16.5 Å². The second-order valence-corrected chi connectivity index (χ2v) is 9.27. The molecule has 0 aliphatic rings. The van der Waals surface area contributed by atoms with E-state index in [1.54, 1.807) is 42.7 Å². The summed E-state index contributed by atoms with van der Waals surface area (Å²) < 4.78 is 40.0. The average molecular weight is 430 g/mol. The van der Waals surface area contributed by atoms with E-state index in [4.69, 9.17) is 11.6 Å². The summed E-state index contributed by atoms with van der Waals surface area (Å²) in [6, 6.07) is 13.2. The lowest BCUT2D eigenvalue weighted by Gasteiger charge is -2.12. The number of pyridine rings is 1. The summed E-state index contributed by atoms with van der Waals surface area (Å²) in [5, 5.41) is 0.800. The predicted octanol–water partition coefficient (Wildman–Crippen LogP) is 4.94. The van der Waals surface area contributed by atoms with Crippen molar-refractivity contribution in [3.63, 3.8) is 0 Å². The lowest BCUT2D eigenvalue weighted by Crippen LogP contribution is -2.22. The molecule has 0 aliphatic heterocycles. The summed E-state index contributed by atoms with van der Waals surface area (Å²) in [5.74, 6) is -0.496. The Bertz CT molecular complexity index is 1330. The molecule has 0 fully saturated rings. The SMILES string of the molecule is CN(C)S(=O)(=O)c1cccc(-c2cnc3[nH]cc(-c4cccc(F)c4Cl)c3c2)c1. The van der Waals surface area contributed by atoms with E-state index in [9.17, 15) is 12.8 Å². The fourth-order valence-corrected chi connectivity index (χ4v) is 4.32. The van der Waals surface area contributed by atoms with Gasteiger partial charge in [0.25, 0.3) is 0 Å². The summed E-state index contributed by atoms with van der Waals surface area (Å²) in [4.78, 5) is 7.70. The minimum absolute atomic E-state index is 0.0397. The van der Waals surface area contributed by atoms with E-state index in [1.807, 2.05) is 12.1 Å². The number of H-pyrrole nitrogens is 1. The third-order valence-corrected chi connectivity index (χ3v) is 6.91. The maximum absolute atomic E-state index is 13.9. The Morgan fingerprint density at radius 2 is 1.79 bits per heavy atom. The van der Waals surface area contributed by atoms with Gasteiger partial charge in [0, 0.05) is 48.6 Å². The summed E-state index contributed by atoms with van der Waals surface area (Å²) in [7, 11) is -0.572. The van der Waals surface area contributed by atoms with E-state index < -0.39 is 15.8 Å². The van der Waals surface area contributed by atoms with Crippen molar-refractivity contribution < 1.29 is 12.8 Å². The summed E-state index contributed by atoms with van der Waals surface area (Å²) in [5.41, 5.74) is 3.35. The molecular weight excluding hydrogens is 413 g/mol. The lowest BCUT2D eigenvalue weighted by molar-refractivity contribution is 0.521. The number of benzene rings is 2. The standard InChI is InChI=1S/C21H17ClFN3O2S/c1-26(2)29(27,28)15-6-3-5-13(9-15)14-10-17-18(12-25-21(17)24-11-14)16-7-4-8-19(23)20(16)22/h3-12H,1-2H3,(H,24,25). The number of nitrogens with zero attached hydrogens (tertiary/aromatic N) is 2. The molecule has 2 aromatic heterocycles. The second kappa shape index (κ2) is 7.26. The van der Waals surface area contributed by atoms with Crippen LogP contribution in [0.25, 0.3) is 33.3 Å². The first kappa shape index (κ1) is 19.6. The van der Waals surface area contributed by atoms with Crippen LogP contribution >= 0.6 is 11.6 Å². The van der Waals surface area contributed by atoms with Crippen molar-refractivity contribution in [3.05, 3.63) is 71.8 Å². The number of hydrogen-bond acceptors (Lipinski definition) is 3. The Hall–Kier alpha value is -2.74. The van der Waals surface area contributed by atoms with Crippen LogP contribution in [0.3, 0.4) is 0 Å². The molecular formula is C21H17ClFN3O2S. The highest BCUT2D eigenvalue weighted by Crippen LogP contribution is 2.36. The normalized spacial score (nSPS) is 12.0. The minimum atomic E-state index is -3.55. The first-order valence-electron chi connectivity index (χ1n) is 8.73. The quantitative estimate of drug-likeness (QED) is 0.499. The fraction of sp³-hybridized carbons (Fsp3) is 0.0952. The third-order valence-electron chi connectivity index (χ3n) is 4.72. The highest BCUT2D eigenvalue weighted by atomic mass is 35.5. The van der Waals surface area contributed by atoms with Crippen LogP contribution in [0.4, 0.5) is 4.39 Å². The Balaban J connectivity index is 1.86. The molecule has 4 aromatic rings. The zero-order valence-electron chi connectivity index (χ0n) is 15.6. The first-order chi connectivity index (χ1) is 13.8. The molecule has 0 aliphatic carbocycles. The van der Waals surface area contributed by atoms with Gasteiger partial charge in [-0.15, -0.1) is 0 Å². The minimum Gasteiger partial charge on any atom is -0.346 e. The van der Waals surface area contributed by atoms with E-state index in [0.29, 0.717) is 16.8 Å². The molecule has 4 rings (SSSR count). The van der Waals surface area contributed by atoms with Gasteiger partial charge in [-0.1, -0.05) is 35.9 Å². The van der Waals surface area contributed by atoms with E-state index >= 15 is 0 Å². The maximum Gasteiger partial charge on any atom is 0.242 e. The number of rotatable bonds is 4. The Kier molecular flexibility index (Phi) is 4.90. The lowest BCUT2D eigenvalue weighted by atomic mass is 10.0. The molecule has 2 heterocycles. The highest BCUT2D eigenvalue weighted by molar-refractivity contribution is 7.89. The zero-order valence-corrected chi connectivity index (χ0v) is 17.2. The molecule has 1 N–H and O–H groups in total. The number of fused-ring (bicyclic) bond motifs is 1. The van der Waals surface area contributed by atoms with Crippen LogP contribution in [0.5, 0.6) is 0 Å². The molecule has 8 heteroatoms. The molecule has 0 spiro atoms. The van der Waals surface area contributed by atoms with Crippen molar-refractivity contribution in [2.24, 2.45) is 0 Å². The van der Waals surface area contributed by atoms with Crippen molar-refractivity contribution in [1.29, 1.82) is 0 Å². The average Bonchev–Trinajstić information content (AvgIpc) is 3.13. The topological polar surface area (TPSA) is 66.1 Å². The smallest absolute Gasteiger partial charge is 0.242 e. The molecule has 0 radical (unpaired) electrons.